The molecule has 3 nitrogen and oxygen atoms in total. The molecule has 0 spiro atoms. The number of esters is 1. The highest BCUT2D eigenvalue weighted by atomic mass is 79.9. The maximum Gasteiger partial charge on any atom is 0.313 e. The topological polar surface area (TPSA) is 26.3 Å². The first-order valence-corrected chi connectivity index (χ1v) is 11.1. The monoisotopic (exact) mass is 449 g/mol. The van der Waals surface area contributed by atoms with Gasteiger partial charge in [0, 0.05) is 25.7 Å². The summed E-state index contributed by atoms with van der Waals surface area (Å²) in [6.45, 7) is 4.70. The van der Waals surface area contributed by atoms with Gasteiger partial charge in [0.15, 0.2) is 0 Å². The lowest BCUT2D eigenvalue weighted by atomic mass is 9.84. The first-order chi connectivity index (χ1) is 13.0. The van der Waals surface area contributed by atoms with Crippen LogP contribution in [-0.4, -0.2) is 41.7 Å². The van der Waals surface area contributed by atoms with Gasteiger partial charge in [-0.05, 0) is 38.2 Å². The number of hydrogen-bond acceptors (Lipinski definition) is 2. The van der Waals surface area contributed by atoms with Crippen LogP contribution in [0.1, 0.15) is 76.7 Å². The number of hydrogen-bond donors (Lipinski definition) is 0. The highest BCUT2D eigenvalue weighted by Crippen LogP contribution is 2.45. The third-order valence-electron chi connectivity index (χ3n) is 8.16. The van der Waals surface area contributed by atoms with E-state index in [1.165, 1.54) is 30.2 Å². The molecule has 2 saturated heterocycles. The number of ether oxygens (including phenoxy) is 1. The van der Waals surface area contributed by atoms with Crippen LogP contribution in [0.2, 0.25) is 0 Å². The van der Waals surface area contributed by atoms with E-state index in [4.69, 9.17) is 4.74 Å². The van der Waals surface area contributed by atoms with Gasteiger partial charge >= 0.3 is 5.97 Å². The molecule has 2 aliphatic heterocycles. The number of quaternary nitrogens is 1. The summed E-state index contributed by atoms with van der Waals surface area (Å²) in [5.41, 5.74) is 1.15. The van der Waals surface area contributed by atoms with Crippen molar-refractivity contribution in [1.29, 1.82) is 0 Å². The van der Waals surface area contributed by atoms with Gasteiger partial charge in [-0.15, -0.1) is 0 Å². The zero-order valence-corrected chi connectivity index (χ0v) is 19.2. The van der Waals surface area contributed by atoms with Gasteiger partial charge < -0.3 is 26.2 Å². The van der Waals surface area contributed by atoms with Crippen LogP contribution in [0.25, 0.3) is 0 Å². The van der Waals surface area contributed by atoms with Crippen molar-refractivity contribution in [3.63, 3.8) is 0 Å². The van der Waals surface area contributed by atoms with Crippen molar-refractivity contribution in [3.8, 4) is 0 Å². The van der Waals surface area contributed by atoms with E-state index in [9.17, 15) is 4.79 Å². The normalized spacial score (nSPS) is 33.5. The first kappa shape index (κ1) is 21.8. The van der Waals surface area contributed by atoms with Crippen molar-refractivity contribution in [3.05, 3.63) is 35.9 Å². The van der Waals surface area contributed by atoms with Crippen molar-refractivity contribution >= 4 is 5.97 Å². The van der Waals surface area contributed by atoms with Crippen LogP contribution >= 0.6 is 0 Å². The Morgan fingerprint density at radius 1 is 1.00 bits per heavy atom. The quantitative estimate of drug-likeness (QED) is 0.507. The lowest BCUT2D eigenvalue weighted by Crippen LogP contribution is -3.00. The van der Waals surface area contributed by atoms with Crippen molar-refractivity contribution < 1.29 is 31.0 Å². The lowest BCUT2D eigenvalue weighted by Gasteiger charge is -2.49. The molecular weight excluding hydrogens is 414 g/mol. The Bertz CT molecular complexity index is 642. The molecule has 28 heavy (non-hydrogen) atoms. The van der Waals surface area contributed by atoms with Crippen LogP contribution in [0.15, 0.2) is 30.3 Å². The van der Waals surface area contributed by atoms with E-state index in [2.05, 4.69) is 45.2 Å². The highest BCUT2D eigenvalue weighted by Gasteiger charge is 2.54. The minimum atomic E-state index is -0.0701. The van der Waals surface area contributed by atoms with Gasteiger partial charge in [0.2, 0.25) is 0 Å². The fourth-order valence-corrected chi connectivity index (χ4v) is 6.36. The molecular formula is C24H36BrNO2. The van der Waals surface area contributed by atoms with Gasteiger partial charge in [-0.25, -0.2) is 0 Å². The van der Waals surface area contributed by atoms with Crippen LogP contribution in [0.3, 0.4) is 0 Å². The molecule has 1 aromatic rings. The highest BCUT2D eigenvalue weighted by molar-refractivity contribution is 5.78. The summed E-state index contributed by atoms with van der Waals surface area (Å²) in [5, 5.41) is 0. The molecule has 156 valence electrons. The summed E-state index contributed by atoms with van der Waals surface area (Å²) < 4.78 is 7.40. The van der Waals surface area contributed by atoms with Crippen molar-refractivity contribution in [2.45, 2.75) is 95.4 Å². The Morgan fingerprint density at radius 3 is 2.11 bits per heavy atom. The molecule has 0 aromatic heterocycles. The van der Waals surface area contributed by atoms with Crippen LogP contribution < -0.4 is 17.0 Å². The van der Waals surface area contributed by atoms with E-state index < -0.39 is 0 Å². The molecule has 3 unspecified atom stereocenters. The second-order valence-electron chi connectivity index (χ2n) is 9.66. The van der Waals surface area contributed by atoms with E-state index in [1.54, 1.807) is 0 Å². The van der Waals surface area contributed by atoms with Crippen LogP contribution in [-0.2, 0) is 9.53 Å². The molecule has 3 fully saturated rings. The van der Waals surface area contributed by atoms with Gasteiger partial charge in [0.25, 0.3) is 0 Å². The smallest absolute Gasteiger partial charge is 0.313 e. The fraction of sp³-hybridized carbons (Fsp3) is 0.708. The van der Waals surface area contributed by atoms with Crippen molar-refractivity contribution in [2.24, 2.45) is 5.92 Å². The third-order valence-corrected chi connectivity index (χ3v) is 8.16. The number of halogens is 1. The van der Waals surface area contributed by atoms with Gasteiger partial charge in [-0.3, -0.25) is 4.79 Å². The van der Waals surface area contributed by atoms with E-state index in [0.717, 1.165) is 31.2 Å². The van der Waals surface area contributed by atoms with Crippen LogP contribution in [0.4, 0.5) is 0 Å². The Hall–Kier alpha value is -0.870. The lowest BCUT2D eigenvalue weighted by molar-refractivity contribution is -0.968. The summed E-state index contributed by atoms with van der Waals surface area (Å²) in [4.78, 5) is 13.3. The minimum Gasteiger partial charge on any atom is -1.00 e. The second kappa shape index (κ2) is 8.87. The molecule has 1 saturated carbocycles. The van der Waals surface area contributed by atoms with Crippen LogP contribution in [0, 0.1) is 5.92 Å². The molecule has 1 aliphatic carbocycles. The molecule has 3 aliphatic rings. The summed E-state index contributed by atoms with van der Waals surface area (Å²) in [6, 6.07) is 12.3. The molecule has 0 amide bonds. The number of carbonyl (C=O) groups is 1. The number of rotatable bonds is 5. The molecule has 1 aromatic carbocycles. The van der Waals surface area contributed by atoms with Crippen molar-refractivity contribution in [2.75, 3.05) is 7.05 Å². The molecule has 5 atom stereocenters. The fourth-order valence-electron chi connectivity index (χ4n) is 6.36. The number of fused-ring (bicyclic) bond motifs is 2. The molecule has 2 bridgehead atoms. The largest absolute Gasteiger partial charge is 1.00 e. The molecule has 0 N–H and O–H groups in total. The van der Waals surface area contributed by atoms with Gasteiger partial charge in [0.1, 0.15) is 6.10 Å². The molecule has 0 radical (unpaired) electrons. The maximum atomic E-state index is 13.3. The number of benzene rings is 1. The van der Waals surface area contributed by atoms with Gasteiger partial charge in [0.05, 0.1) is 31.1 Å². The van der Waals surface area contributed by atoms with Crippen LogP contribution in [0.5, 0.6) is 0 Å². The Balaban J connectivity index is 0.00000225. The van der Waals surface area contributed by atoms with Crippen molar-refractivity contribution in [1.82, 2.24) is 0 Å². The van der Waals surface area contributed by atoms with E-state index in [1.807, 2.05) is 6.07 Å². The molecule has 2 heterocycles. The Morgan fingerprint density at radius 2 is 1.57 bits per heavy atom. The summed E-state index contributed by atoms with van der Waals surface area (Å²) >= 11 is 0. The number of piperidine rings is 1. The minimum absolute atomic E-state index is 0. The maximum absolute atomic E-state index is 13.3. The molecule has 4 rings (SSSR count). The summed E-state index contributed by atoms with van der Waals surface area (Å²) in [7, 11) is 2.43. The SMILES string of the molecule is CC(C)[N+]1(C)[C@@H]2CC[C@H]1CC(OC(=O)C(c1ccccc1)C1CCCC1)C2.[Br-]. The zero-order chi connectivity index (χ0) is 19.0. The Kier molecular flexibility index (Phi) is 6.92. The van der Waals surface area contributed by atoms with Gasteiger partial charge in [-0.1, -0.05) is 43.2 Å². The average Bonchev–Trinajstić information content (AvgIpc) is 3.21. The molecule has 4 heteroatoms. The summed E-state index contributed by atoms with van der Waals surface area (Å²) in [5.74, 6) is 0.425. The number of carbonyl (C=O) groups excluding carboxylic acids is 1. The Labute approximate surface area is 181 Å². The summed E-state index contributed by atoms with van der Waals surface area (Å²) in [6.07, 6.45) is 9.60. The number of nitrogens with zero attached hydrogens (tertiary/aromatic N) is 1. The third kappa shape index (κ3) is 3.92. The van der Waals surface area contributed by atoms with E-state index in [0.29, 0.717) is 24.0 Å². The van der Waals surface area contributed by atoms with E-state index >= 15 is 0 Å². The predicted molar refractivity (Wildman–Crippen MR) is 108 cm³/mol. The average molecular weight is 450 g/mol. The first-order valence-electron chi connectivity index (χ1n) is 11.1. The predicted octanol–water partition coefficient (Wildman–Crippen LogP) is 2.06. The second-order valence-corrected chi connectivity index (χ2v) is 9.66. The van der Waals surface area contributed by atoms with E-state index in [-0.39, 0.29) is 35.0 Å². The zero-order valence-electron chi connectivity index (χ0n) is 17.6. The van der Waals surface area contributed by atoms with Gasteiger partial charge in [-0.2, -0.15) is 0 Å². The standard InChI is InChI=1S/C24H36NO2.BrH/c1-17(2)25(3)20-13-14-21(25)16-22(15-20)27-24(26)23(19-11-7-8-12-19)18-9-5-4-6-10-18;/h4-6,9-10,17,19-23H,7-8,11-16H2,1-3H3;1H/q+1;/p-1/t20-,21+,22?,23?,25?;.